The van der Waals surface area contributed by atoms with Gasteiger partial charge < -0.3 is 4.90 Å². The van der Waals surface area contributed by atoms with Crippen LogP contribution in [0, 0.1) is 5.92 Å². The summed E-state index contributed by atoms with van der Waals surface area (Å²) in [7, 11) is 0. The highest BCUT2D eigenvalue weighted by atomic mass is 35.5. The van der Waals surface area contributed by atoms with Crippen molar-refractivity contribution in [1.82, 2.24) is 4.90 Å². The largest absolute Gasteiger partial charge is 0.336 e. The molecule has 1 amide bonds. The highest BCUT2D eigenvalue weighted by Crippen LogP contribution is 2.28. The summed E-state index contributed by atoms with van der Waals surface area (Å²) in [5.74, 6) is 1.12. The Kier molecular flexibility index (Phi) is 3.49. The molecule has 16 heavy (non-hydrogen) atoms. The van der Waals surface area contributed by atoms with Gasteiger partial charge in [-0.05, 0) is 18.4 Å². The van der Waals surface area contributed by atoms with Gasteiger partial charge in [0.2, 0.25) is 5.91 Å². The third kappa shape index (κ3) is 2.22. The maximum Gasteiger partial charge on any atom is 0.223 e. The fourth-order valence-electron chi connectivity index (χ4n) is 2.20. The molecule has 1 saturated heterocycles. The Labute approximate surface area is 101 Å². The van der Waals surface area contributed by atoms with E-state index < -0.39 is 0 Å². The van der Waals surface area contributed by atoms with Crippen molar-refractivity contribution in [3.05, 3.63) is 35.9 Å². The van der Waals surface area contributed by atoms with E-state index in [1.165, 1.54) is 5.56 Å². The highest BCUT2D eigenvalue weighted by molar-refractivity contribution is 6.18. The molecule has 1 unspecified atom stereocenters. The predicted octanol–water partition coefficient (Wildman–Crippen LogP) is 2.83. The molecule has 3 heteroatoms. The minimum atomic E-state index is 0.155. The van der Waals surface area contributed by atoms with Crippen LogP contribution < -0.4 is 0 Å². The number of benzene rings is 1. The molecular weight excluding hydrogens is 222 g/mol. The Balaban J connectivity index is 2.11. The second kappa shape index (κ2) is 4.88. The van der Waals surface area contributed by atoms with E-state index >= 15 is 0 Å². The average molecular weight is 238 g/mol. The summed E-state index contributed by atoms with van der Waals surface area (Å²) in [5.41, 5.74) is 1.19. The first-order valence-electron chi connectivity index (χ1n) is 5.62. The molecule has 0 spiro atoms. The molecule has 2 atom stereocenters. The van der Waals surface area contributed by atoms with Crippen LogP contribution in [0.1, 0.15) is 24.9 Å². The van der Waals surface area contributed by atoms with Crippen molar-refractivity contribution < 1.29 is 4.79 Å². The van der Waals surface area contributed by atoms with Gasteiger partial charge in [-0.25, -0.2) is 0 Å². The van der Waals surface area contributed by atoms with Gasteiger partial charge in [-0.2, -0.15) is 0 Å². The van der Waals surface area contributed by atoms with Gasteiger partial charge in [0, 0.05) is 18.8 Å². The predicted molar refractivity (Wildman–Crippen MR) is 65.4 cm³/mol. The summed E-state index contributed by atoms with van der Waals surface area (Å²) in [4.78, 5) is 13.8. The van der Waals surface area contributed by atoms with Gasteiger partial charge in [0.25, 0.3) is 0 Å². The molecule has 1 heterocycles. The van der Waals surface area contributed by atoms with Gasteiger partial charge in [-0.3, -0.25) is 4.79 Å². The molecule has 1 aliphatic rings. The summed E-state index contributed by atoms with van der Waals surface area (Å²) in [5, 5.41) is 0. The zero-order chi connectivity index (χ0) is 11.5. The molecule has 0 radical (unpaired) electrons. The molecule has 1 aliphatic heterocycles. The molecule has 0 N–H and O–H groups in total. The van der Waals surface area contributed by atoms with E-state index in [2.05, 4.69) is 19.1 Å². The van der Waals surface area contributed by atoms with Crippen molar-refractivity contribution in [2.24, 2.45) is 5.92 Å². The minimum Gasteiger partial charge on any atom is -0.336 e. The number of hydrogen-bond donors (Lipinski definition) is 0. The topological polar surface area (TPSA) is 20.3 Å². The zero-order valence-corrected chi connectivity index (χ0v) is 10.2. The van der Waals surface area contributed by atoms with Crippen LogP contribution >= 0.6 is 11.6 Å². The Morgan fingerprint density at radius 1 is 1.44 bits per heavy atom. The van der Waals surface area contributed by atoms with E-state index in [0.29, 0.717) is 18.2 Å². The van der Waals surface area contributed by atoms with Crippen LogP contribution in [0.2, 0.25) is 0 Å². The lowest BCUT2D eigenvalue weighted by atomic mass is 10.1. The average Bonchev–Trinajstić information content (AvgIpc) is 2.71. The summed E-state index contributed by atoms with van der Waals surface area (Å²) in [6, 6.07) is 10.3. The minimum absolute atomic E-state index is 0.155. The van der Waals surface area contributed by atoms with E-state index in [0.717, 1.165) is 6.54 Å². The lowest BCUT2D eigenvalue weighted by Gasteiger charge is -2.25. The second-order valence-corrected chi connectivity index (χ2v) is 4.67. The lowest BCUT2D eigenvalue weighted by molar-refractivity contribution is -0.129. The SMILES string of the molecule is C[C@@H](c1ccccc1)N1CC(CCl)CC1=O. The normalized spacial score (nSPS) is 22.5. The van der Waals surface area contributed by atoms with Crippen LogP contribution in [0.15, 0.2) is 30.3 Å². The fourth-order valence-corrected chi connectivity index (χ4v) is 2.40. The first-order chi connectivity index (χ1) is 7.72. The summed E-state index contributed by atoms with van der Waals surface area (Å²) in [6.07, 6.45) is 0.598. The van der Waals surface area contributed by atoms with Gasteiger partial charge in [-0.15, -0.1) is 11.6 Å². The first-order valence-corrected chi connectivity index (χ1v) is 6.16. The van der Waals surface area contributed by atoms with Gasteiger partial charge in [0.15, 0.2) is 0 Å². The Hall–Kier alpha value is -1.02. The number of likely N-dealkylation sites (tertiary alicyclic amines) is 1. The molecule has 0 aromatic heterocycles. The molecule has 0 bridgehead atoms. The molecule has 86 valence electrons. The number of nitrogens with zero attached hydrogens (tertiary/aromatic N) is 1. The van der Waals surface area contributed by atoms with Crippen molar-refractivity contribution in [2.75, 3.05) is 12.4 Å². The first kappa shape index (κ1) is 11.5. The van der Waals surface area contributed by atoms with Crippen molar-refractivity contribution in [3.8, 4) is 0 Å². The lowest BCUT2D eigenvalue weighted by Crippen LogP contribution is -2.28. The van der Waals surface area contributed by atoms with Crippen LogP contribution in [0.3, 0.4) is 0 Å². The smallest absolute Gasteiger partial charge is 0.223 e. The van der Waals surface area contributed by atoms with Gasteiger partial charge >= 0.3 is 0 Å². The molecule has 1 aromatic carbocycles. The molecule has 0 saturated carbocycles. The van der Waals surface area contributed by atoms with Gasteiger partial charge in [0.05, 0.1) is 6.04 Å². The maximum atomic E-state index is 11.8. The van der Waals surface area contributed by atoms with Crippen molar-refractivity contribution in [2.45, 2.75) is 19.4 Å². The Morgan fingerprint density at radius 2 is 2.12 bits per heavy atom. The number of halogens is 1. The molecule has 2 rings (SSSR count). The number of hydrogen-bond acceptors (Lipinski definition) is 1. The molecular formula is C13H16ClNO. The van der Waals surface area contributed by atoms with Gasteiger partial charge in [-0.1, -0.05) is 30.3 Å². The number of rotatable bonds is 3. The van der Waals surface area contributed by atoms with E-state index in [-0.39, 0.29) is 11.9 Å². The fraction of sp³-hybridized carbons (Fsp3) is 0.462. The summed E-state index contributed by atoms with van der Waals surface area (Å²) < 4.78 is 0. The van der Waals surface area contributed by atoms with E-state index in [9.17, 15) is 4.79 Å². The summed E-state index contributed by atoms with van der Waals surface area (Å²) >= 11 is 5.81. The van der Waals surface area contributed by atoms with Crippen molar-refractivity contribution in [3.63, 3.8) is 0 Å². The molecule has 1 fully saturated rings. The van der Waals surface area contributed by atoms with E-state index in [1.807, 2.05) is 23.1 Å². The van der Waals surface area contributed by atoms with Gasteiger partial charge in [0.1, 0.15) is 0 Å². The summed E-state index contributed by atoms with van der Waals surface area (Å²) in [6.45, 7) is 2.86. The molecule has 1 aromatic rings. The Morgan fingerprint density at radius 3 is 2.69 bits per heavy atom. The number of alkyl halides is 1. The van der Waals surface area contributed by atoms with Crippen molar-refractivity contribution in [1.29, 1.82) is 0 Å². The standard InChI is InChI=1S/C13H16ClNO/c1-10(12-5-3-2-4-6-12)15-9-11(8-14)7-13(15)16/h2-6,10-11H,7-9H2,1H3/t10-,11?/m0/s1. The molecule has 0 aliphatic carbocycles. The van der Waals surface area contributed by atoms with Crippen LogP contribution in [-0.2, 0) is 4.79 Å². The van der Waals surface area contributed by atoms with Crippen LogP contribution in [0.4, 0.5) is 0 Å². The van der Waals surface area contributed by atoms with E-state index in [1.54, 1.807) is 0 Å². The zero-order valence-electron chi connectivity index (χ0n) is 9.40. The highest BCUT2D eigenvalue weighted by Gasteiger charge is 2.32. The molecule has 2 nitrogen and oxygen atoms in total. The van der Waals surface area contributed by atoms with Crippen molar-refractivity contribution >= 4 is 17.5 Å². The number of carbonyl (C=O) groups is 1. The Bertz CT molecular complexity index is 365. The third-order valence-electron chi connectivity index (χ3n) is 3.21. The maximum absolute atomic E-state index is 11.8. The van der Waals surface area contributed by atoms with E-state index in [4.69, 9.17) is 11.6 Å². The quantitative estimate of drug-likeness (QED) is 0.741. The van der Waals surface area contributed by atoms with Crippen LogP contribution in [0.5, 0.6) is 0 Å². The third-order valence-corrected chi connectivity index (χ3v) is 3.64. The number of amides is 1. The van der Waals surface area contributed by atoms with Crippen LogP contribution in [-0.4, -0.2) is 23.2 Å². The van der Waals surface area contributed by atoms with Crippen LogP contribution in [0.25, 0.3) is 0 Å². The monoisotopic (exact) mass is 237 g/mol. The second-order valence-electron chi connectivity index (χ2n) is 4.36. The number of carbonyl (C=O) groups excluding carboxylic acids is 1.